The molecule has 1 aliphatic heterocycles. The third-order valence-electron chi connectivity index (χ3n) is 2.51. The van der Waals surface area contributed by atoms with Crippen molar-refractivity contribution < 1.29 is 13.9 Å². The summed E-state index contributed by atoms with van der Waals surface area (Å²) in [5, 5.41) is 0. The second-order valence-corrected chi connectivity index (χ2v) is 3.81. The number of rotatable bonds is 3. The molecule has 5 nitrogen and oxygen atoms in total. The van der Waals surface area contributed by atoms with Crippen molar-refractivity contribution in [1.82, 2.24) is 4.98 Å². The van der Waals surface area contributed by atoms with Crippen LogP contribution in [0, 0.1) is 0 Å². The lowest BCUT2D eigenvalue weighted by atomic mass is 10.3. The number of nitrogens with zero attached hydrogens (tertiary/aromatic N) is 1. The maximum absolute atomic E-state index is 5.65. The first-order chi connectivity index (χ1) is 7.81. The summed E-state index contributed by atoms with van der Waals surface area (Å²) in [6, 6.07) is 5.40. The topological polar surface area (TPSA) is 70.5 Å². The summed E-state index contributed by atoms with van der Waals surface area (Å²) >= 11 is 0. The lowest BCUT2D eigenvalue weighted by molar-refractivity contribution is -0.138. The lowest BCUT2D eigenvalue weighted by Gasteiger charge is -2.25. The molecule has 0 radical (unpaired) electrons. The van der Waals surface area contributed by atoms with Crippen LogP contribution in [0.4, 0.5) is 5.69 Å². The number of aromatic nitrogens is 1. The predicted octanol–water partition coefficient (Wildman–Crippen LogP) is 1.33. The SMILES string of the molecule is Nc1ccc2nc(COC3COC3)oc2c1. The van der Waals surface area contributed by atoms with E-state index in [-0.39, 0.29) is 6.10 Å². The van der Waals surface area contributed by atoms with Crippen LogP contribution in [0.1, 0.15) is 5.89 Å². The second kappa shape index (κ2) is 3.77. The Morgan fingerprint density at radius 3 is 3.06 bits per heavy atom. The molecule has 0 unspecified atom stereocenters. The number of anilines is 1. The van der Waals surface area contributed by atoms with Gasteiger partial charge in [0.05, 0.1) is 13.2 Å². The van der Waals surface area contributed by atoms with Crippen molar-refractivity contribution in [1.29, 1.82) is 0 Å². The Bertz CT molecular complexity index is 505. The molecular formula is C11H12N2O3. The number of benzene rings is 1. The summed E-state index contributed by atoms with van der Waals surface area (Å²) < 4.78 is 16.0. The van der Waals surface area contributed by atoms with E-state index >= 15 is 0 Å². The molecule has 3 rings (SSSR count). The first kappa shape index (κ1) is 9.62. The molecule has 1 saturated heterocycles. The van der Waals surface area contributed by atoms with E-state index in [4.69, 9.17) is 19.6 Å². The van der Waals surface area contributed by atoms with Crippen molar-refractivity contribution in [3.8, 4) is 0 Å². The Morgan fingerprint density at radius 2 is 2.31 bits per heavy atom. The zero-order chi connectivity index (χ0) is 11.0. The summed E-state index contributed by atoms with van der Waals surface area (Å²) in [5.74, 6) is 0.576. The highest BCUT2D eigenvalue weighted by Gasteiger charge is 2.19. The number of hydrogen-bond donors (Lipinski definition) is 1. The standard InChI is InChI=1S/C11H12N2O3/c12-7-1-2-9-10(3-7)16-11(13-9)6-15-8-4-14-5-8/h1-3,8H,4-6,12H2. The van der Waals surface area contributed by atoms with Gasteiger partial charge >= 0.3 is 0 Å². The normalized spacial score (nSPS) is 16.5. The van der Waals surface area contributed by atoms with E-state index < -0.39 is 0 Å². The van der Waals surface area contributed by atoms with E-state index in [0.717, 1.165) is 5.52 Å². The van der Waals surface area contributed by atoms with Gasteiger partial charge in [0.25, 0.3) is 0 Å². The third kappa shape index (κ3) is 1.75. The van der Waals surface area contributed by atoms with Crippen LogP contribution in [0.3, 0.4) is 0 Å². The minimum Gasteiger partial charge on any atom is -0.438 e. The fourth-order valence-corrected chi connectivity index (χ4v) is 1.55. The molecular weight excluding hydrogens is 208 g/mol. The Hall–Kier alpha value is -1.59. The molecule has 2 N–H and O–H groups in total. The number of nitrogen functional groups attached to an aromatic ring is 1. The highest BCUT2D eigenvalue weighted by Crippen LogP contribution is 2.19. The summed E-state index contributed by atoms with van der Waals surface area (Å²) in [6.45, 7) is 1.70. The maximum atomic E-state index is 5.65. The Morgan fingerprint density at radius 1 is 1.44 bits per heavy atom. The number of hydrogen-bond acceptors (Lipinski definition) is 5. The minimum atomic E-state index is 0.181. The lowest BCUT2D eigenvalue weighted by Crippen LogP contribution is -2.35. The summed E-state index contributed by atoms with van der Waals surface area (Å²) in [5.41, 5.74) is 7.82. The van der Waals surface area contributed by atoms with E-state index in [1.807, 2.05) is 6.07 Å². The van der Waals surface area contributed by atoms with E-state index in [1.54, 1.807) is 12.1 Å². The number of ether oxygens (including phenoxy) is 2. The van der Waals surface area contributed by atoms with Crippen molar-refractivity contribution in [2.45, 2.75) is 12.7 Å². The van der Waals surface area contributed by atoms with Crippen molar-refractivity contribution >= 4 is 16.8 Å². The molecule has 1 aliphatic rings. The molecule has 0 aliphatic carbocycles. The summed E-state index contributed by atoms with van der Waals surface area (Å²) in [6.07, 6.45) is 0.181. The molecule has 0 bridgehead atoms. The van der Waals surface area contributed by atoms with Gasteiger partial charge in [-0.25, -0.2) is 4.98 Å². The van der Waals surface area contributed by atoms with Gasteiger partial charge in [-0.1, -0.05) is 0 Å². The van der Waals surface area contributed by atoms with Crippen molar-refractivity contribution in [3.63, 3.8) is 0 Å². The van der Waals surface area contributed by atoms with Gasteiger partial charge in [0.15, 0.2) is 5.58 Å². The van der Waals surface area contributed by atoms with Gasteiger partial charge in [0, 0.05) is 11.8 Å². The first-order valence-electron chi connectivity index (χ1n) is 5.15. The molecule has 16 heavy (non-hydrogen) atoms. The molecule has 2 heterocycles. The molecule has 0 saturated carbocycles. The van der Waals surface area contributed by atoms with E-state index in [2.05, 4.69) is 4.98 Å². The fraction of sp³-hybridized carbons (Fsp3) is 0.364. The zero-order valence-corrected chi connectivity index (χ0v) is 8.68. The average molecular weight is 220 g/mol. The molecule has 84 valence electrons. The van der Waals surface area contributed by atoms with Gasteiger partial charge in [0.2, 0.25) is 5.89 Å². The maximum Gasteiger partial charge on any atom is 0.221 e. The van der Waals surface area contributed by atoms with Crippen molar-refractivity contribution in [2.24, 2.45) is 0 Å². The molecule has 1 fully saturated rings. The summed E-state index contributed by atoms with van der Waals surface area (Å²) in [7, 11) is 0. The molecule has 0 amide bonds. The van der Waals surface area contributed by atoms with Gasteiger partial charge < -0.3 is 19.6 Å². The van der Waals surface area contributed by atoms with Gasteiger partial charge in [-0.15, -0.1) is 0 Å². The molecule has 1 aromatic carbocycles. The fourth-order valence-electron chi connectivity index (χ4n) is 1.55. The molecule has 2 aromatic rings. The Balaban J connectivity index is 1.76. The largest absolute Gasteiger partial charge is 0.438 e. The summed E-state index contributed by atoms with van der Waals surface area (Å²) in [4.78, 5) is 4.30. The highest BCUT2D eigenvalue weighted by molar-refractivity contribution is 5.76. The molecule has 0 spiro atoms. The van der Waals surface area contributed by atoms with Crippen LogP contribution in [-0.4, -0.2) is 24.3 Å². The van der Waals surface area contributed by atoms with Crippen molar-refractivity contribution in [3.05, 3.63) is 24.1 Å². The van der Waals surface area contributed by atoms with Crippen LogP contribution >= 0.6 is 0 Å². The van der Waals surface area contributed by atoms with Crippen LogP contribution in [0.5, 0.6) is 0 Å². The Labute approximate surface area is 92.1 Å². The van der Waals surface area contributed by atoms with E-state index in [0.29, 0.717) is 37.0 Å². The van der Waals surface area contributed by atoms with Gasteiger partial charge in [-0.2, -0.15) is 0 Å². The van der Waals surface area contributed by atoms with Gasteiger partial charge in [0.1, 0.15) is 18.2 Å². The third-order valence-corrected chi connectivity index (χ3v) is 2.51. The highest BCUT2D eigenvalue weighted by atomic mass is 16.6. The van der Waals surface area contributed by atoms with Crippen LogP contribution in [-0.2, 0) is 16.1 Å². The van der Waals surface area contributed by atoms with E-state index in [1.165, 1.54) is 0 Å². The number of fused-ring (bicyclic) bond motifs is 1. The first-order valence-corrected chi connectivity index (χ1v) is 5.15. The molecule has 5 heteroatoms. The van der Waals surface area contributed by atoms with Crippen LogP contribution in [0.2, 0.25) is 0 Å². The predicted molar refractivity (Wildman–Crippen MR) is 57.8 cm³/mol. The van der Waals surface area contributed by atoms with Crippen LogP contribution in [0.15, 0.2) is 22.6 Å². The second-order valence-electron chi connectivity index (χ2n) is 3.81. The number of nitrogens with two attached hydrogens (primary N) is 1. The van der Waals surface area contributed by atoms with Gasteiger partial charge in [-0.05, 0) is 12.1 Å². The smallest absolute Gasteiger partial charge is 0.221 e. The van der Waals surface area contributed by atoms with E-state index in [9.17, 15) is 0 Å². The zero-order valence-electron chi connectivity index (χ0n) is 8.68. The minimum absolute atomic E-state index is 0.181. The number of oxazole rings is 1. The Kier molecular flexibility index (Phi) is 2.27. The quantitative estimate of drug-likeness (QED) is 0.790. The molecule has 1 aromatic heterocycles. The van der Waals surface area contributed by atoms with Crippen LogP contribution in [0.25, 0.3) is 11.1 Å². The van der Waals surface area contributed by atoms with Crippen LogP contribution < -0.4 is 5.73 Å². The molecule has 0 atom stereocenters. The monoisotopic (exact) mass is 220 g/mol. The van der Waals surface area contributed by atoms with Crippen molar-refractivity contribution in [2.75, 3.05) is 18.9 Å². The average Bonchev–Trinajstić information content (AvgIpc) is 2.57. The van der Waals surface area contributed by atoms with Gasteiger partial charge in [-0.3, -0.25) is 0 Å².